The van der Waals surface area contributed by atoms with Crippen LogP contribution in [0.15, 0.2) is 90.4 Å². The van der Waals surface area contributed by atoms with Crippen LogP contribution in [0, 0.1) is 0 Å². The van der Waals surface area contributed by atoms with Crippen LogP contribution in [0.3, 0.4) is 0 Å². The highest BCUT2D eigenvalue weighted by atomic mass is 16.1. The van der Waals surface area contributed by atoms with Crippen molar-refractivity contribution in [3.63, 3.8) is 0 Å². The lowest BCUT2D eigenvalue weighted by Gasteiger charge is -2.10. The molecule has 3 heterocycles. The molecular formula is C25H18N4O. The van der Waals surface area contributed by atoms with Gasteiger partial charge in [-0.15, -0.1) is 0 Å². The number of aromatic nitrogens is 4. The maximum absolute atomic E-state index is 13.3. The zero-order valence-electron chi connectivity index (χ0n) is 16.1. The molecule has 2 atom stereocenters. The molecule has 0 aliphatic heterocycles. The number of pyridine rings is 2. The zero-order valence-corrected chi connectivity index (χ0v) is 16.1. The summed E-state index contributed by atoms with van der Waals surface area (Å²) in [6.07, 6.45) is 7.91. The van der Waals surface area contributed by atoms with E-state index >= 15 is 0 Å². The Balaban J connectivity index is 1.39. The second-order valence-corrected chi connectivity index (χ2v) is 7.76. The SMILES string of the molecule is O=c1c2cccc(-c3cncnc3)c2ccn1C1CC1c1ccc2ccccc2n1. The third-order valence-corrected chi connectivity index (χ3v) is 5.96. The highest BCUT2D eigenvalue weighted by Gasteiger charge is 2.41. The molecule has 5 nitrogen and oxygen atoms in total. The summed E-state index contributed by atoms with van der Waals surface area (Å²) in [4.78, 5) is 26.3. The Bertz CT molecular complexity index is 1460. The molecule has 6 rings (SSSR count). The Morgan fingerprint density at radius 1 is 0.867 bits per heavy atom. The summed E-state index contributed by atoms with van der Waals surface area (Å²) >= 11 is 0. The molecule has 2 aromatic carbocycles. The summed E-state index contributed by atoms with van der Waals surface area (Å²) in [5.74, 6) is 0.274. The van der Waals surface area contributed by atoms with Crippen LogP contribution in [-0.2, 0) is 0 Å². The topological polar surface area (TPSA) is 60.7 Å². The first-order valence-corrected chi connectivity index (χ1v) is 10.0. The number of hydrogen-bond acceptors (Lipinski definition) is 4. The van der Waals surface area contributed by atoms with Crippen molar-refractivity contribution >= 4 is 21.7 Å². The third-order valence-electron chi connectivity index (χ3n) is 5.96. The lowest BCUT2D eigenvalue weighted by molar-refractivity contribution is 0.688. The lowest BCUT2D eigenvalue weighted by atomic mass is 10.0. The summed E-state index contributed by atoms with van der Waals surface area (Å²) in [5.41, 5.74) is 3.98. The van der Waals surface area contributed by atoms with Crippen molar-refractivity contribution in [3.05, 3.63) is 102 Å². The fourth-order valence-corrected chi connectivity index (χ4v) is 4.34. The molecule has 5 aromatic rings. The van der Waals surface area contributed by atoms with Crippen LogP contribution in [0.4, 0.5) is 0 Å². The Labute approximate surface area is 172 Å². The van der Waals surface area contributed by atoms with Crippen LogP contribution < -0.4 is 5.56 Å². The molecule has 1 fully saturated rings. The number of rotatable bonds is 3. The number of fused-ring (bicyclic) bond motifs is 2. The average Bonchev–Trinajstić information content (AvgIpc) is 3.60. The van der Waals surface area contributed by atoms with E-state index in [-0.39, 0.29) is 17.5 Å². The van der Waals surface area contributed by atoms with Crippen molar-refractivity contribution < 1.29 is 0 Å². The minimum Gasteiger partial charge on any atom is -0.311 e. The van der Waals surface area contributed by atoms with Gasteiger partial charge < -0.3 is 4.57 Å². The second kappa shape index (κ2) is 6.59. The van der Waals surface area contributed by atoms with Crippen molar-refractivity contribution in [2.75, 3.05) is 0 Å². The summed E-state index contributed by atoms with van der Waals surface area (Å²) < 4.78 is 1.87. The molecule has 144 valence electrons. The number of hydrogen-bond donors (Lipinski definition) is 0. The highest BCUT2D eigenvalue weighted by Crippen LogP contribution is 2.50. The van der Waals surface area contributed by atoms with E-state index in [1.165, 1.54) is 6.33 Å². The van der Waals surface area contributed by atoms with Crippen LogP contribution in [-0.4, -0.2) is 19.5 Å². The highest BCUT2D eigenvalue weighted by molar-refractivity contribution is 5.95. The molecule has 0 bridgehead atoms. The summed E-state index contributed by atoms with van der Waals surface area (Å²) in [5, 5.41) is 2.78. The molecule has 0 N–H and O–H groups in total. The van der Waals surface area contributed by atoms with E-state index in [0.29, 0.717) is 0 Å². The lowest BCUT2D eigenvalue weighted by Crippen LogP contribution is -2.19. The zero-order chi connectivity index (χ0) is 20.1. The fourth-order valence-electron chi connectivity index (χ4n) is 4.34. The third kappa shape index (κ3) is 2.70. The molecule has 2 unspecified atom stereocenters. The van der Waals surface area contributed by atoms with Gasteiger partial charge in [0.2, 0.25) is 0 Å². The summed E-state index contributed by atoms with van der Waals surface area (Å²) in [6.45, 7) is 0. The van der Waals surface area contributed by atoms with Gasteiger partial charge in [0.05, 0.1) is 5.52 Å². The van der Waals surface area contributed by atoms with Crippen LogP contribution in [0.25, 0.3) is 32.8 Å². The molecule has 30 heavy (non-hydrogen) atoms. The van der Waals surface area contributed by atoms with Gasteiger partial charge in [0, 0.05) is 52.6 Å². The van der Waals surface area contributed by atoms with E-state index in [1.807, 2.05) is 53.2 Å². The molecule has 3 aromatic heterocycles. The monoisotopic (exact) mass is 390 g/mol. The van der Waals surface area contributed by atoms with Crippen LogP contribution in [0.2, 0.25) is 0 Å². The molecule has 0 saturated heterocycles. The largest absolute Gasteiger partial charge is 0.311 e. The van der Waals surface area contributed by atoms with Gasteiger partial charge in [-0.3, -0.25) is 9.78 Å². The van der Waals surface area contributed by atoms with E-state index in [4.69, 9.17) is 4.98 Å². The van der Waals surface area contributed by atoms with Gasteiger partial charge in [0.15, 0.2) is 0 Å². The van der Waals surface area contributed by atoms with E-state index in [0.717, 1.165) is 44.9 Å². The van der Waals surface area contributed by atoms with Crippen LogP contribution in [0.1, 0.15) is 24.1 Å². The van der Waals surface area contributed by atoms with Crippen LogP contribution >= 0.6 is 0 Å². The predicted octanol–water partition coefficient (Wildman–Crippen LogP) is 4.74. The van der Waals surface area contributed by atoms with Gasteiger partial charge in [0.25, 0.3) is 5.56 Å². The first kappa shape index (κ1) is 17.0. The van der Waals surface area contributed by atoms with Gasteiger partial charge in [-0.2, -0.15) is 0 Å². The van der Waals surface area contributed by atoms with Crippen molar-refractivity contribution in [1.29, 1.82) is 0 Å². The minimum absolute atomic E-state index is 0.0412. The molecule has 0 radical (unpaired) electrons. The van der Waals surface area contributed by atoms with Crippen molar-refractivity contribution in [1.82, 2.24) is 19.5 Å². The molecule has 1 aliphatic carbocycles. The Morgan fingerprint density at radius 3 is 2.63 bits per heavy atom. The summed E-state index contributed by atoms with van der Waals surface area (Å²) in [6, 6.07) is 20.3. The average molecular weight is 390 g/mol. The fraction of sp³-hybridized carbons (Fsp3) is 0.120. The predicted molar refractivity (Wildman–Crippen MR) is 117 cm³/mol. The number of benzene rings is 2. The normalized spacial score (nSPS) is 18.0. The van der Waals surface area contributed by atoms with Crippen molar-refractivity contribution in [2.24, 2.45) is 0 Å². The van der Waals surface area contributed by atoms with Gasteiger partial charge >= 0.3 is 0 Å². The first-order chi connectivity index (χ1) is 14.8. The van der Waals surface area contributed by atoms with Gasteiger partial charge in [-0.25, -0.2) is 9.97 Å². The smallest absolute Gasteiger partial charge is 0.258 e. The number of para-hydroxylation sites is 1. The quantitative estimate of drug-likeness (QED) is 0.447. The Hall–Kier alpha value is -3.86. The molecule has 1 aliphatic rings. The van der Waals surface area contributed by atoms with Gasteiger partial charge in [-0.05, 0) is 41.6 Å². The van der Waals surface area contributed by atoms with Crippen molar-refractivity contribution in [3.8, 4) is 11.1 Å². The number of nitrogens with zero attached hydrogens (tertiary/aromatic N) is 4. The second-order valence-electron chi connectivity index (χ2n) is 7.76. The molecule has 1 saturated carbocycles. The minimum atomic E-state index is 0.0412. The molecule has 5 heteroatoms. The van der Waals surface area contributed by atoms with E-state index in [2.05, 4.69) is 28.2 Å². The summed E-state index contributed by atoms with van der Waals surface area (Å²) in [7, 11) is 0. The van der Waals surface area contributed by atoms with E-state index in [9.17, 15) is 4.79 Å². The van der Waals surface area contributed by atoms with E-state index in [1.54, 1.807) is 12.4 Å². The molecular weight excluding hydrogens is 372 g/mol. The van der Waals surface area contributed by atoms with Crippen LogP contribution in [0.5, 0.6) is 0 Å². The Kier molecular flexibility index (Phi) is 3.74. The van der Waals surface area contributed by atoms with Gasteiger partial charge in [-0.1, -0.05) is 36.4 Å². The molecule has 0 spiro atoms. The standard InChI is InChI=1S/C25H18N4O/c30-25-20-6-3-5-18(17-13-26-15-27-14-17)19(20)10-11-29(25)24-12-21(24)23-9-8-16-4-1-2-7-22(16)28-23/h1-11,13-15,21,24H,12H2. The first-order valence-electron chi connectivity index (χ1n) is 10.0. The maximum Gasteiger partial charge on any atom is 0.258 e. The van der Waals surface area contributed by atoms with Gasteiger partial charge in [0.1, 0.15) is 6.33 Å². The Morgan fingerprint density at radius 2 is 1.73 bits per heavy atom. The molecule has 0 amide bonds. The van der Waals surface area contributed by atoms with E-state index < -0.39 is 0 Å². The maximum atomic E-state index is 13.3. The van der Waals surface area contributed by atoms with Crippen molar-refractivity contribution in [2.45, 2.75) is 18.4 Å².